The van der Waals surface area contributed by atoms with Crippen LogP contribution in [-0.2, 0) is 0 Å². The van der Waals surface area contributed by atoms with Gasteiger partial charge in [-0.1, -0.05) is 116 Å². The van der Waals surface area contributed by atoms with Crippen LogP contribution in [0.4, 0.5) is 34.1 Å². The lowest BCUT2D eigenvalue weighted by atomic mass is 9.33. The van der Waals surface area contributed by atoms with E-state index in [2.05, 4.69) is 205 Å². The smallest absolute Gasteiger partial charge is 0.252 e. The van der Waals surface area contributed by atoms with E-state index in [4.69, 9.17) is 0 Å². The van der Waals surface area contributed by atoms with Gasteiger partial charge in [-0.3, -0.25) is 0 Å². The second-order valence-corrected chi connectivity index (χ2v) is 22.0. The van der Waals surface area contributed by atoms with Crippen LogP contribution >= 0.6 is 10.0 Å². The molecule has 2 aliphatic heterocycles. The summed E-state index contributed by atoms with van der Waals surface area (Å²) in [6, 6.07) is 47.6. The first kappa shape index (κ1) is 37.3. The molecule has 2 heterocycles. The lowest BCUT2D eigenvalue weighted by Gasteiger charge is -2.45. The highest BCUT2D eigenvalue weighted by atomic mass is 32.3. The van der Waals surface area contributed by atoms with Crippen molar-refractivity contribution in [2.45, 2.75) is 84.0 Å². The van der Waals surface area contributed by atoms with E-state index >= 15 is 0 Å². The van der Waals surface area contributed by atoms with Crippen LogP contribution < -0.4 is 26.2 Å². The largest absolute Gasteiger partial charge is 0.311 e. The van der Waals surface area contributed by atoms with E-state index in [-0.39, 0.29) is 6.71 Å². The maximum atomic E-state index is 2.56. The van der Waals surface area contributed by atoms with Gasteiger partial charge in [0.2, 0.25) is 0 Å². The maximum absolute atomic E-state index is 2.56. The van der Waals surface area contributed by atoms with Gasteiger partial charge in [0.1, 0.15) is 0 Å². The molecule has 0 spiro atoms. The van der Waals surface area contributed by atoms with Gasteiger partial charge in [0.05, 0.1) is 0 Å². The number of fused-ring (bicyclic) bond motifs is 4. The Labute approximate surface area is 333 Å². The molecule has 0 amide bonds. The lowest BCUT2D eigenvalue weighted by Crippen LogP contribution is -2.61. The van der Waals surface area contributed by atoms with Crippen molar-refractivity contribution in [1.29, 1.82) is 0 Å². The predicted octanol–water partition coefficient (Wildman–Crippen LogP) is 13.0. The third-order valence-corrected chi connectivity index (χ3v) is 13.7. The number of hydrogen-bond donors (Lipinski definition) is 0. The van der Waals surface area contributed by atoms with Gasteiger partial charge >= 0.3 is 0 Å². The Kier molecular flexibility index (Phi) is 9.57. The van der Waals surface area contributed by atoms with Crippen molar-refractivity contribution in [3.8, 4) is 11.1 Å². The molecule has 0 atom stereocenters. The number of hydrogen-bond acceptors (Lipinski definition) is 2. The quantitative estimate of drug-likeness (QED) is 0.143. The summed E-state index contributed by atoms with van der Waals surface area (Å²) >= 11 is 0. The molecular formula is C51H57BN2S. The molecule has 280 valence electrons. The molecule has 0 fully saturated rings. The van der Waals surface area contributed by atoms with Crippen molar-refractivity contribution in [3.63, 3.8) is 0 Å². The first-order chi connectivity index (χ1) is 26.2. The zero-order valence-corrected chi connectivity index (χ0v) is 35.6. The van der Waals surface area contributed by atoms with Crippen molar-refractivity contribution in [1.82, 2.24) is 0 Å². The highest BCUT2D eigenvalue weighted by Crippen LogP contribution is 2.48. The van der Waals surface area contributed by atoms with Crippen molar-refractivity contribution in [2.75, 3.05) is 28.6 Å². The molecule has 0 bridgehead atoms. The van der Waals surface area contributed by atoms with Gasteiger partial charge in [-0.2, -0.15) is 0 Å². The van der Waals surface area contributed by atoms with Gasteiger partial charge in [0, 0.05) is 34.1 Å². The number of benzene rings is 6. The maximum Gasteiger partial charge on any atom is 0.252 e. The van der Waals surface area contributed by atoms with Crippen molar-refractivity contribution < 1.29 is 0 Å². The van der Waals surface area contributed by atoms with E-state index in [0.29, 0.717) is 23.7 Å². The number of nitrogens with zero attached hydrogens (tertiary/aromatic N) is 2. The predicted molar refractivity (Wildman–Crippen MR) is 246 cm³/mol. The van der Waals surface area contributed by atoms with E-state index in [1.54, 1.807) is 0 Å². The fraction of sp³-hybridized carbons (Fsp3) is 0.294. The molecule has 0 aromatic heterocycles. The third-order valence-electron chi connectivity index (χ3n) is 12.0. The van der Waals surface area contributed by atoms with E-state index < -0.39 is 10.0 Å². The monoisotopic (exact) mass is 740 g/mol. The summed E-state index contributed by atoms with van der Waals surface area (Å²) in [4.78, 5) is 6.56. The molecule has 0 saturated heterocycles. The molecule has 6 aromatic carbocycles. The highest BCUT2D eigenvalue weighted by Gasteiger charge is 2.44. The normalized spacial score (nSPS) is 13.8. The second-order valence-electron chi connectivity index (χ2n) is 17.8. The molecule has 55 heavy (non-hydrogen) atoms. The Hall–Kier alpha value is -4.67. The molecule has 0 unspecified atom stereocenters. The Morgan fingerprint density at radius 1 is 0.400 bits per heavy atom. The Bertz CT molecular complexity index is 2230. The van der Waals surface area contributed by atoms with Crippen LogP contribution in [0.3, 0.4) is 0 Å². The minimum atomic E-state index is -0.839. The summed E-state index contributed by atoms with van der Waals surface area (Å²) in [5.74, 6) is 1.78. The summed E-state index contributed by atoms with van der Waals surface area (Å²) in [5, 5.41) is 0. The van der Waals surface area contributed by atoms with Crippen LogP contribution in [0.1, 0.15) is 101 Å². The standard InChI is InChI=1S/C51H57BN2S/c1-32(2)36-12-20-42(21-13-36)53-47-26-18-39(34(5)6)28-45(47)52-46-29-40(35(7)8)19-27-48(46)54(43-22-14-37(15-23-43)33(3)4)50-31-41(30-49(53)51(50)52)38-16-24-44(25-17-38)55(9,10)11/h12-35H,1-11H3. The summed E-state index contributed by atoms with van der Waals surface area (Å²) in [6.45, 7) is 18.5. The third kappa shape index (κ3) is 6.61. The van der Waals surface area contributed by atoms with Gasteiger partial charge in [-0.25, -0.2) is 10.0 Å². The minimum absolute atomic E-state index is 0.0886. The van der Waals surface area contributed by atoms with E-state index in [9.17, 15) is 0 Å². The Balaban J connectivity index is 1.48. The number of anilines is 6. The average Bonchev–Trinajstić information content (AvgIpc) is 3.17. The van der Waals surface area contributed by atoms with Crippen LogP contribution in [0.5, 0.6) is 0 Å². The molecule has 8 rings (SSSR count). The van der Waals surface area contributed by atoms with Crippen molar-refractivity contribution in [2.24, 2.45) is 0 Å². The Morgan fingerprint density at radius 3 is 1.15 bits per heavy atom. The van der Waals surface area contributed by atoms with Crippen LogP contribution in [0, 0.1) is 0 Å². The van der Waals surface area contributed by atoms with Gasteiger partial charge in [-0.15, -0.1) is 0 Å². The van der Waals surface area contributed by atoms with Crippen LogP contribution in [-0.4, -0.2) is 25.5 Å². The Morgan fingerprint density at radius 2 is 0.782 bits per heavy atom. The summed E-state index contributed by atoms with van der Waals surface area (Å²) in [7, 11) is -0.839. The van der Waals surface area contributed by atoms with Gasteiger partial charge in [0.25, 0.3) is 6.71 Å². The lowest BCUT2D eigenvalue weighted by molar-refractivity contribution is 0.866. The van der Waals surface area contributed by atoms with Crippen LogP contribution in [0.25, 0.3) is 11.1 Å². The molecule has 2 nitrogen and oxygen atoms in total. The minimum Gasteiger partial charge on any atom is -0.311 e. The van der Waals surface area contributed by atoms with E-state index in [1.165, 1.54) is 88.8 Å². The van der Waals surface area contributed by atoms with E-state index in [1.807, 2.05) is 0 Å². The van der Waals surface area contributed by atoms with Gasteiger partial charge in [0.15, 0.2) is 0 Å². The molecule has 0 saturated carbocycles. The molecule has 0 N–H and O–H groups in total. The highest BCUT2D eigenvalue weighted by molar-refractivity contribution is 8.32. The second kappa shape index (κ2) is 14.1. The fourth-order valence-electron chi connectivity index (χ4n) is 8.56. The molecular weight excluding hydrogens is 683 g/mol. The summed E-state index contributed by atoms with van der Waals surface area (Å²) < 4.78 is 0. The van der Waals surface area contributed by atoms with Crippen molar-refractivity contribution >= 4 is 67.3 Å². The number of rotatable bonds is 8. The van der Waals surface area contributed by atoms with Crippen LogP contribution in [0.15, 0.2) is 126 Å². The topological polar surface area (TPSA) is 6.48 Å². The zero-order chi connectivity index (χ0) is 38.9. The van der Waals surface area contributed by atoms with Gasteiger partial charge < -0.3 is 9.80 Å². The molecule has 2 aliphatic rings. The summed E-state index contributed by atoms with van der Waals surface area (Å²) in [6.07, 6.45) is 7.13. The summed E-state index contributed by atoms with van der Waals surface area (Å²) in [5.41, 5.74) is 19.5. The van der Waals surface area contributed by atoms with E-state index in [0.717, 1.165) is 0 Å². The fourth-order valence-corrected chi connectivity index (χ4v) is 9.51. The average molecular weight is 741 g/mol. The SMILES string of the molecule is CC(C)c1ccc(N2c3ccc(C(C)C)cc3B3c4cc(C(C)C)ccc4N(c4ccc(C(C)C)cc4)c4cc(-c5ccc(S(C)(C)C)cc5)cc2c43)cc1. The van der Waals surface area contributed by atoms with Gasteiger partial charge in [-0.05, 0) is 158 Å². The first-order valence-corrected chi connectivity index (χ1v) is 23.1. The zero-order valence-electron chi connectivity index (χ0n) is 34.7. The van der Waals surface area contributed by atoms with Crippen LogP contribution in [0.2, 0.25) is 0 Å². The molecule has 0 aliphatic carbocycles. The van der Waals surface area contributed by atoms with Crippen molar-refractivity contribution in [3.05, 3.63) is 144 Å². The first-order valence-electron chi connectivity index (χ1n) is 20.3. The molecule has 6 aromatic rings. The molecule has 0 radical (unpaired) electrons. The molecule has 4 heteroatoms.